The lowest BCUT2D eigenvalue weighted by Gasteiger charge is -2.22. The van der Waals surface area contributed by atoms with E-state index >= 15 is 0 Å². The second-order valence-electron chi connectivity index (χ2n) is 4.67. The monoisotopic (exact) mass is 226 g/mol. The molecule has 0 saturated carbocycles. The van der Waals surface area contributed by atoms with Crippen molar-refractivity contribution in [1.82, 2.24) is 9.78 Å². The molecule has 1 aromatic rings. The van der Waals surface area contributed by atoms with Crippen LogP contribution in [-0.4, -0.2) is 27.6 Å². The van der Waals surface area contributed by atoms with Gasteiger partial charge in [-0.2, -0.15) is 5.10 Å². The molecular weight excluding hydrogens is 204 g/mol. The van der Waals surface area contributed by atoms with Crippen LogP contribution in [-0.2, 0) is 11.3 Å². The second kappa shape index (κ2) is 5.46. The molecular formula is C12H22N2O2. The van der Waals surface area contributed by atoms with Gasteiger partial charge in [-0.05, 0) is 26.7 Å². The maximum Gasteiger partial charge on any atom is 0.0817 e. The van der Waals surface area contributed by atoms with Gasteiger partial charge in [0.15, 0.2) is 0 Å². The number of hydrogen-bond acceptors (Lipinski definition) is 3. The third kappa shape index (κ3) is 3.61. The Hall–Kier alpha value is -0.870. The zero-order chi connectivity index (χ0) is 12.2. The van der Waals surface area contributed by atoms with Crippen molar-refractivity contribution in [1.29, 1.82) is 0 Å². The van der Waals surface area contributed by atoms with Gasteiger partial charge in [0.1, 0.15) is 0 Å². The number of methoxy groups -OCH3 is 1. The van der Waals surface area contributed by atoms with Crippen LogP contribution in [0.4, 0.5) is 0 Å². The van der Waals surface area contributed by atoms with Gasteiger partial charge in [0.05, 0.1) is 17.9 Å². The first kappa shape index (κ1) is 13.2. The van der Waals surface area contributed by atoms with Crippen LogP contribution in [0.3, 0.4) is 0 Å². The third-order valence-electron chi connectivity index (χ3n) is 2.92. The first-order valence-electron chi connectivity index (χ1n) is 5.74. The molecule has 0 bridgehead atoms. The molecule has 1 atom stereocenters. The van der Waals surface area contributed by atoms with Crippen molar-refractivity contribution in [2.75, 3.05) is 7.11 Å². The molecule has 0 spiro atoms. The number of aliphatic hydroxyl groups excluding tert-OH is 1. The quantitative estimate of drug-likeness (QED) is 0.808. The second-order valence-corrected chi connectivity index (χ2v) is 4.67. The largest absolute Gasteiger partial charge is 0.388 e. The molecule has 0 fully saturated rings. The topological polar surface area (TPSA) is 47.3 Å². The fourth-order valence-corrected chi connectivity index (χ4v) is 1.40. The van der Waals surface area contributed by atoms with E-state index in [2.05, 4.69) is 18.9 Å². The summed E-state index contributed by atoms with van der Waals surface area (Å²) >= 11 is 0. The summed E-state index contributed by atoms with van der Waals surface area (Å²) in [5.74, 6) is 0. The Morgan fingerprint density at radius 3 is 2.81 bits per heavy atom. The molecule has 1 rings (SSSR count). The molecule has 4 heteroatoms. The van der Waals surface area contributed by atoms with Gasteiger partial charge in [-0.15, -0.1) is 0 Å². The van der Waals surface area contributed by atoms with Crippen molar-refractivity contribution in [3.8, 4) is 0 Å². The van der Waals surface area contributed by atoms with Crippen molar-refractivity contribution < 1.29 is 9.84 Å². The van der Waals surface area contributed by atoms with Crippen LogP contribution in [0.5, 0.6) is 0 Å². The van der Waals surface area contributed by atoms with Crippen molar-refractivity contribution in [2.45, 2.75) is 51.9 Å². The van der Waals surface area contributed by atoms with Crippen LogP contribution in [0.25, 0.3) is 0 Å². The molecule has 0 saturated heterocycles. The van der Waals surface area contributed by atoms with Crippen LogP contribution in [0, 0.1) is 0 Å². The first-order chi connectivity index (χ1) is 7.48. The average Bonchev–Trinajstić information content (AvgIpc) is 2.74. The van der Waals surface area contributed by atoms with Gasteiger partial charge in [-0.25, -0.2) is 0 Å². The number of rotatable bonds is 6. The number of hydrogen-bond donors (Lipinski definition) is 1. The molecule has 0 radical (unpaired) electrons. The van der Waals surface area contributed by atoms with E-state index in [-0.39, 0.29) is 5.60 Å². The highest BCUT2D eigenvalue weighted by atomic mass is 16.5. The molecule has 0 aliphatic rings. The maximum atomic E-state index is 9.64. The van der Waals surface area contributed by atoms with Crippen LogP contribution in [0.1, 0.15) is 45.3 Å². The summed E-state index contributed by atoms with van der Waals surface area (Å²) in [5.41, 5.74) is 0.757. The molecule has 1 N–H and O–H groups in total. The van der Waals surface area contributed by atoms with Gasteiger partial charge in [-0.1, -0.05) is 6.92 Å². The van der Waals surface area contributed by atoms with Crippen LogP contribution in [0.2, 0.25) is 0 Å². The van der Waals surface area contributed by atoms with E-state index in [0.717, 1.165) is 24.9 Å². The molecule has 0 aromatic carbocycles. The minimum Gasteiger partial charge on any atom is -0.388 e. The predicted molar refractivity (Wildman–Crippen MR) is 63.2 cm³/mol. The summed E-state index contributed by atoms with van der Waals surface area (Å²) < 4.78 is 7.20. The number of aromatic nitrogens is 2. The van der Waals surface area contributed by atoms with Gasteiger partial charge >= 0.3 is 0 Å². The minimum atomic E-state index is -0.399. The summed E-state index contributed by atoms with van der Waals surface area (Å²) in [7, 11) is 1.72. The third-order valence-corrected chi connectivity index (χ3v) is 2.92. The Balaban J connectivity index is 2.53. The highest BCUT2D eigenvalue weighted by molar-refractivity contribution is 5.07. The average molecular weight is 226 g/mol. The Morgan fingerprint density at radius 2 is 2.25 bits per heavy atom. The summed E-state index contributed by atoms with van der Waals surface area (Å²) in [6.45, 7) is 6.86. The summed E-state index contributed by atoms with van der Waals surface area (Å²) in [5, 5.41) is 13.9. The number of nitrogens with zero attached hydrogens (tertiary/aromatic N) is 2. The Labute approximate surface area is 97.2 Å². The molecule has 4 nitrogen and oxygen atoms in total. The van der Waals surface area contributed by atoms with E-state index in [9.17, 15) is 5.11 Å². The van der Waals surface area contributed by atoms with Crippen molar-refractivity contribution in [3.63, 3.8) is 0 Å². The van der Waals surface area contributed by atoms with Gasteiger partial charge < -0.3 is 9.84 Å². The lowest BCUT2D eigenvalue weighted by Crippen LogP contribution is -2.24. The van der Waals surface area contributed by atoms with Gasteiger partial charge in [-0.3, -0.25) is 4.68 Å². The highest BCUT2D eigenvalue weighted by Crippen LogP contribution is 2.17. The van der Waals surface area contributed by atoms with Crippen molar-refractivity contribution in [2.24, 2.45) is 0 Å². The SMILES string of the molecule is CCC(O)c1cnn(CCC(C)(C)OC)c1. The molecule has 1 unspecified atom stereocenters. The van der Waals surface area contributed by atoms with Gasteiger partial charge in [0.2, 0.25) is 0 Å². The smallest absolute Gasteiger partial charge is 0.0817 e. The van der Waals surface area contributed by atoms with E-state index in [1.54, 1.807) is 13.3 Å². The summed E-state index contributed by atoms with van der Waals surface area (Å²) in [4.78, 5) is 0. The Bertz CT molecular complexity index is 321. The highest BCUT2D eigenvalue weighted by Gasteiger charge is 2.16. The van der Waals surface area contributed by atoms with Gasteiger partial charge in [0.25, 0.3) is 0 Å². The van der Waals surface area contributed by atoms with Crippen LogP contribution in [0.15, 0.2) is 12.4 Å². The van der Waals surface area contributed by atoms with E-state index < -0.39 is 6.10 Å². The number of ether oxygens (including phenoxy) is 1. The van der Waals surface area contributed by atoms with Crippen LogP contribution >= 0.6 is 0 Å². The molecule has 0 aliphatic carbocycles. The van der Waals surface area contributed by atoms with E-state index in [1.165, 1.54) is 0 Å². The maximum absolute atomic E-state index is 9.64. The molecule has 16 heavy (non-hydrogen) atoms. The fraction of sp³-hybridized carbons (Fsp3) is 0.750. The normalized spacial score (nSPS) is 14.1. The molecule has 0 aliphatic heterocycles. The standard InChI is InChI=1S/C12H22N2O2/c1-5-11(15)10-8-13-14(9-10)7-6-12(2,3)16-4/h8-9,11,15H,5-7H2,1-4H3. The van der Waals surface area contributed by atoms with E-state index in [4.69, 9.17) is 4.74 Å². The van der Waals surface area contributed by atoms with Crippen molar-refractivity contribution in [3.05, 3.63) is 18.0 Å². The molecule has 92 valence electrons. The number of aliphatic hydroxyl groups is 1. The Morgan fingerprint density at radius 1 is 1.56 bits per heavy atom. The van der Waals surface area contributed by atoms with E-state index in [1.807, 2.05) is 17.8 Å². The van der Waals surface area contributed by atoms with Crippen LogP contribution < -0.4 is 0 Å². The Kier molecular flexibility index (Phi) is 4.50. The number of aryl methyl sites for hydroxylation is 1. The van der Waals surface area contributed by atoms with Gasteiger partial charge in [0, 0.05) is 25.4 Å². The molecule has 1 heterocycles. The lowest BCUT2D eigenvalue weighted by atomic mass is 10.1. The van der Waals surface area contributed by atoms with E-state index in [0.29, 0.717) is 0 Å². The first-order valence-corrected chi connectivity index (χ1v) is 5.74. The minimum absolute atomic E-state index is 0.129. The summed E-state index contributed by atoms with van der Waals surface area (Å²) in [6.07, 6.45) is 4.85. The van der Waals surface area contributed by atoms with Crippen molar-refractivity contribution >= 4 is 0 Å². The zero-order valence-electron chi connectivity index (χ0n) is 10.6. The molecule has 0 amide bonds. The summed E-state index contributed by atoms with van der Waals surface area (Å²) in [6, 6.07) is 0. The predicted octanol–water partition coefficient (Wildman–Crippen LogP) is 2.14. The molecule has 1 aromatic heterocycles. The fourth-order valence-electron chi connectivity index (χ4n) is 1.40. The zero-order valence-corrected chi connectivity index (χ0v) is 10.6. The lowest BCUT2D eigenvalue weighted by molar-refractivity contribution is 0.0113.